The molecule has 24 heavy (non-hydrogen) atoms. The van der Waals surface area contributed by atoms with Crippen molar-refractivity contribution in [2.45, 2.75) is 13.5 Å². The third-order valence-corrected chi connectivity index (χ3v) is 3.73. The van der Waals surface area contributed by atoms with E-state index >= 15 is 0 Å². The number of aryl methyl sites for hydroxylation is 1. The number of nitrogens with one attached hydrogen (secondary N) is 1. The van der Waals surface area contributed by atoms with E-state index in [0.29, 0.717) is 17.9 Å². The molecule has 0 atom stereocenters. The van der Waals surface area contributed by atoms with E-state index in [9.17, 15) is 9.59 Å². The Hall–Kier alpha value is -2.45. The molecule has 0 aliphatic carbocycles. The van der Waals surface area contributed by atoms with Crippen LogP contribution < -0.4 is 10.1 Å². The molecule has 0 aliphatic rings. The average molecular weight is 350 g/mol. The Morgan fingerprint density at radius 2 is 2.21 bits per heavy atom. The number of carbonyl (C=O) groups excluding carboxylic acids is 1. The number of amides is 1. The Kier molecular flexibility index (Phi) is 6.71. The number of nitrogens with zero attached hydrogens (tertiary/aromatic N) is 1. The summed E-state index contributed by atoms with van der Waals surface area (Å²) in [5.74, 6) is -0.735. The van der Waals surface area contributed by atoms with Gasteiger partial charge >= 0.3 is 5.97 Å². The van der Waals surface area contributed by atoms with Crippen molar-refractivity contribution in [3.05, 3.63) is 45.9 Å². The molecule has 0 fully saturated rings. The minimum Gasteiger partial charge on any atom is -0.487 e. The Bertz CT molecular complexity index is 701. The molecule has 2 aromatic rings. The van der Waals surface area contributed by atoms with Crippen LogP contribution in [-0.4, -0.2) is 41.7 Å². The van der Waals surface area contributed by atoms with Gasteiger partial charge in [-0.25, -0.2) is 9.78 Å². The van der Waals surface area contributed by atoms with Gasteiger partial charge in [0.15, 0.2) is 0 Å². The van der Waals surface area contributed by atoms with E-state index in [4.69, 9.17) is 14.6 Å². The number of aromatic nitrogens is 1. The third-order valence-electron chi connectivity index (χ3n) is 2.91. The summed E-state index contributed by atoms with van der Waals surface area (Å²) in [6, 6.07) is 6.82. The van der Waals surface area contributed by atoms with Crippen LogP contribution in [-0.2, 0) is 16.1 Å². The molecule has 0 spiro atoms. The third kappa shape index (κ3) is 5.98. The molecule has 1 aromatic carbocycles. The summed E-state index contributed by atoms with van der Waals surface area (Å²) in [6.07, 6.45) is 0. The van der Waals surface area contributed by atoms with Crippen LogP contribution in [0.3, 0.4) is 0 Å². The molecule has 1 amide bonds. The molecule has 0 unspecified atom stereocenters. The number of aliphatic carboxylic acids is 1. The highest BCUT2D eigenvalue weighted by Crippen LogP contribution is 2.16. The van der Waals surface area contributed by atoms with Crippen LogP contribution in [0, 0.1) is 6.92 Å². The molecule has 0 saturated carbocycles. The molecular weight excluding hydrogens is 332 g/mol. The van der Waals surface area contributed by atoms with Gasteiger partial charge in [-0.15, -0.1) is 11.3 Å². The van der Waals surface area contributed by atoms with Gasteiger partial charge in [0.2, 0.25) is 0 Å². The number of rotatable bonds is 9. The quantitative estimate of drug-likeness (QED) is 0.670. The molecule has 0 saturated heterocycles. The van der Waals surface area contributed by atoms with E-state index in [1.807, 2.05) is 12.3 Å². The highest BCUT2D eigenvalue weighted by molar-refractivity contribution is 7.09. The van der Waals surface area contributed by atoms with Crippen molar-refractivity contribution in [2.24, 2.45) is 0 Å². The van der Waals surface area contributed by atoms with E-state index in [-0.39, 0.29) is 25.7 Å². The Morgan fingerprint density at radius 1 is 1.38 bits per heavy atom. The van der Waals surface area contributed by atoms with Crippen molar-refractivity contribution < 1.29 is 24.2 Å². The van der Waals surface area contributed by atoms with Crippen LogP contribution >= 0.6 is 11.3 Å². The molecule has 0 radical (unpaired) electrons. The average Bonchev–Trinajstić information content (AvgIpc) is 2.98. The number of carbonyl (C=O) groups is 2. The minimum atomic E-state index is -1.04. The zero-order valence-electron chi connectivity index (χ0n) is 13.2. The molecule has 0 aliphatic heterocycles. The number of thiazole rings is 1. The SMILES string of the molecule is Cc1nc(COc2cccc(C(=O)NCCOCC(=O)O)c2)cs1. The highest BCUT2D eigenvalue weighted by atomic mass is 32.1. The van der Waals surface area contributed by atoms with E-state index in [2.05, 4.69) is 10.3 Å². The second-order valence-electron chi connectivity index (χ2n) is 4.88. The number of carboxylic acid groups (broad SMARTS) is 1. The molecule has 2 rings (SSSR count). The minimum absolute atomic E-state index is 0.136. The molecule has 128 valence electrons. The van der Waals surface area contributed by atoms with Crippen molar-refractivity contribution in [1.29, 1.82) is 0 Å². The van der Waals surface area contributed by atoms with E-state index < -0.39 is 5.97 Å². The van der Waals surface area contributed by atoms with E-state index in [0.717, 1.165) is 10.7 Å². The molecule has 2 N–H and O–H groups in total. The van der Waals surface area contributed by atoms with E-state index in [1.165, 1.54) is 0 Å². The first-order valence-electron chi connectivity index (χ1n) is 7.26. The zero-order valence-corrected chi connectivity index (χ0v) is 14.0. The van der Waals surface area contributed by atoms with Crippen LogP contribution in [0.2, 0.25) is 0 Å². The number of ether oxygens (including phenoxy) is 2. The second-order valence-corrected chi connectivity index (χ2v) is 5.94. The summed E-state index contributed by atoms with van der Waals surface area (Å²) in [5.41, 5.74) is 1.31. The normalized spacial score (nSPS) is 10.4. The molecular formula is C16H18N2O5S. The van der Waals surface area contributed by atoms with Gasteiger partial charge < -0.3 is 19.9 Å². The molecule has 7 nitrogen and oxygen atoms in total. The number of carboxylic acids is 1. The summed E-state index contributed by atoms with van der Waals surface area (Å²) in [6.45, 7) is 2.26. The fourth-order valence-corrected chi connectivity index (χ4v) is 2.45. The van der Waals surface area contributed by atoms with Crippen molar-refractivity contribution in [3.8, 4) is 5.75 Å². The first kappa shape index (κ1) is 17.9. The zero-order chi connectivity index (χ0) is 17.4. The first-order chi connectivity index (χ1) is 11.5. The summed E-state index contributed by atoms with van der Waals surface area (Å²) in [7, 11) is 0. The standard InChI is InChI=1S/C16H18N2O5S/c1-11-18-13(10-24-11)8-23-14-4-2-3-12(7-14)16(21)17-5-6-22-9-15(19)20/h2-4,7,10H,5-6,8-9H2,1H3,(H,17,21)(H,19,20). The lowest BCUT2D eigenvalue weighted by Gasteiger charge is -2.08. The maximum Gasteiger partial charge on any atom is 0.329 e. The fraction of sp³-hybridized carbons (Fsp3) is 0.312. The lowest BCUT2D eigenvalue weighted by molar-refractivity contribution is -0.142. The summed E-state index contributed by atoms with van der Waals surface area (Å²) >= 11 is 1.56. The van der Waals surface area contributed by atoms with Gasteiger partial charge in [0.1, 0.15) is 19.0 Å². The van der Waals surface area contributed by atoms with Gasteiger partial charge in [0.25, 0.3) is 5.91 Å². The van der Waals surface area contributed by atoms with Gasteiger partial charge in [0, 0.05) is 17.5 Å². The number of hydrogen-bond donors (Lipinski definition) is 2. The summed E-state index contributed by atoms with van der Waals surface area (Å²) in [5, 5.41) is 14.0. The first-order valence-corrected chi connectivity index (χ1v) is 8.14. The smallest absolute Gasteiger partial charge is 0.329 e. The van der Waals surface area contributed by atoms with E-state index in [1.54, 1.807) is 35.6 Å². The second kappa shape index (κ2) is 8.99. The van der Waals surface area contributed by atoms with Crippen LogP contribution in [0.15, 0.2) is 29.6 Å². The predicted octanol–water partition coefficient (Wildman–Crippen LogP) is 1.86. The van der Waals surface area contributed by atoms with Crippen LogP contribution in [0.1, 0.15) is 21.1 Å². The van der Waals surface area contributed by atoms with Gasteiger partial charge in [0.05, 0.1) is 17.3 Å². The van der Waals surface area contributed by atoms with Crippen LogP contribution in [0.5, 0.6) is 5.75 Å². The Labute approximate surface area is 143 Å². The molecule has 1 heterocycles. The maximum absolute atomic E-state index is 12.0. The monoisotopic (exact) mass is 350 g/mol. The maximum atomic E-state index is 12.0. The molecule has 1 aromatic heterocycles. The fourth-order valence-electron chi connectivity index (χ4n) is 1.86. The number of benzene rings is 1. The summed E-state index contributed by atoms with van der Waals surface area (Å²) < 4.78 is 10.5. The summed E-state index contributed by atoms with van der Waals surface area (Å²) in [4.78, 5) is 26.6. The lowest BCUT2D eigenvalue weighted by atomic mass is 10.2. The predicted molar refractivity (Wildman–Crippen MR) is 88.4 cm³/mol. The topological polar surface area (TPSA) is 97.8 Å². The lowest BCUT2D eigenvalue weighted by Crippen LogP contribution is -2.27. The molecule has 0 bridgehead atoms. The van der Waals surface area contributed by atoms with Crippen molar-refractivity contribution in [2.75, 3.05) is 19.8 Å². The van der Waals surface area contributed by atoms with Gasteiger partial charge in [-0.1, -0.05) is 6.07 Å². The van der Waals surface area contributed by atoms with Crippen molar-refractivity contribution >= 4 is 23.2 Å². The van der Waals surface area contributed by atoms with Gasteiger partial charge in [-0.05, 0) is 25.1 Å². The van der Waals surface area contributed by atoms with Crippen LogP contribution in [0.4, 0.5) is 0 Å². The van der Waals surface area contributed by atoms with Crippen molar-refractivity contribution in [3.63, 3.8) is 0 Å². The van der Waals surface area contributed by atoms with Gasteiger partial charge in [-0.2, -0.15) is 0 Å². The highest BCUT2D eigenvalue weighted by Gasteiger charge is 2.07. The largest absolute Gasteiger partial charge is 0.487 e. The molecule has 8 heteroatoms. The van der Waals surface area contributed by atoms with Crippen LogP contribution in [0.25, 0.3) is 0 Å². The van der Waals surface area contributed by atoms with Gasteiger partial charge in [-0.3, -0.25) is 4.79 Å². The number of hydrogen-bond acceptors (Lipinski definition) is 6. The Morgan fingerprint density at radius 3 is 2.92 bits per heavy atom. The Balaban J connectivity index is 1.80. The van der Waals surface area contributed by atoms with Crippen molar-refractivity contribution in [1.82, 2.24) is 10.3 Å².